The van der Waals surface area contributed by atoms with Crippen LogP contribution in [-0.2, 0) is 0 Å². The second kappa shape index (κ2) is 6.91. The van der Waals surface area contributed by atoms with Crippen LogP contribution in [0.3, 0.4) is 0 Å². The smallest absolute Gasteiger partial charge is 0.0102 e. The van der Waals surface area contributed by atoms with Crippen molar-refractivity contribution in [3.05, 3.63) is 0 Å². The van der Waals surface area contributed by atoms with E-state index in [0.29, 0.717) is 11.5 Å². The summed E-state index contributed by atoms with van der Waals surface area (Å²) in [6.07, 6.45) is 5.61. The van der Waals surface area contributed by atoms with Gasteiger partial charge in [0, 0.05) is 18.6 Å². The zero-order valence-corrected chi connectivity index (χ0v) is 13.4. The fourth-order valence-corrected chi connectivity index (χ4v) is 3.17. The van der Waals surface area contributed by atoms with Crippen LogP contribution in [0.1, 0.15) is 60.3 Å². The topological polar surface area (TPSA) is 15.3 Å². The van der Waals surface area contributed by atoms with Gasteiger partial charge in [-0.2, -0.15) is 0 Å². The van der Waals surface area contributed by atoms with E-state index in [9.17, 15) is 0 Å². The molecule has 0 aromatic heterocycles. The molecule has 0 aromatic rings. The van der Waals surface area contributed by atoms with E-state index >= 15 is 0 Å². The molecule has 1 unspecified atom stereocenters. The third-order valence-electron chi connectivity index (χ3n) is 4.95. The van der Waals surface area contributed by atoms with Gasteiger partial charge in [-0.05, 0) is 57.5 Å². The first-order valence-corrected chi connectivity index (χ1v) is 7.80. The number of nitrogens with one attached hydrogen (secondary N) is 1. The van der Waals surface area contributed by atoms with Crippen molar-refractivity contribution < 1.29 is 0 Å². The predicted molar refractivity (Wildman–Crippen MR) is 81.0 cm³/mol. The van der Waals surface area contributed by atoms with Gasteiger partial charge in [-0.3, -0.25) is 0 Å². The van der Waals surface area contributed by atoms with Crippen LogP contribution in [0, 0.1) is 11.3 Å². The van der Waals surface area contributed by atoms with Crippen LogP contribution in [0.5, 0.6) is 0 Å². The molecule has 1 N–H and O–H groups in total. The number of rotatable bonds is 6. The first-order valence-electron chi connectivity index (χ1n) is 7.80. The molecule has 0 aliphatic heterocycles. The lowest BCUT2D eigenvalue weighted by molar-refractivity contribution is 0.102. The fourth-order valence-electron chi connectivity index (χ4n) is 3.17. The predicted octanol–water partition coefficient (Wildman–Crippen LogP) is 3.52. The highest BCUT2D eigenvalue weighted by atomic mass is 15.1. The number of hydrogen-bond donors (Lipinski definition) is 1. The summed E-state index contributed by atoms with van der Waals surface area (Å²) >= 11 is 0. The largest absolute Gasteiger partial charge is 0.314 e. The summed E-state index contributed by atoms with van der Waals surface area (Å²) in [6, 6.07) is 1.39. The van der Waals surface area contributed by atoms with Crippen molar-refractivity contribution in [2.75, 3.05) is 20.1 Å². The molecule has 0 spiro atoms. The van der Waals surface area contributed by atoms with Gasteiger partial charge in [-0.25, -0.2) is 0 Å². The summed E-state index contributed by atoms with van der Waals surface area (Å²) in [4.78, 5) is 2.61. The lowest BCUT2D eigenvalue weighted by Gasteiger charge is -2.41. The molecule has 0 saturated heterocycles. The summed E-state index contributed by atoms with van der Waals surface area (Å²) in [5.41, 5.74) is 0.341. The Bertz CT molecular complexity index is 229. The standard InChI is InChI=1S/C16H34N2/c1-7-17-14(3)16(4,5)12-18(6)15-10-8-13(2)9-11-15/h13-15,17H,7-12H2,1-6H3. The Morgan fingerprint density at radius 1 is 1.22 bits per heavy atom. The van der Waals surface area contributed by atoms with Crippen molar-refractivity contribution in [1.29, 1.82) is 0 Å². The minimum absolute atomic E-state index is 0.341. The van der Waals surface area contributed by atoms with Crippen molar-refractivity contribution in [3.63, 3.8) is 0 Å². The van der Waals surface area contributed by atoms with Crippen LogP contribution in [0.25, 0.3) is 0 Å². The molecule has 0 amide bonds. The van der Waals surface area contributed by atoms with Crippen molar-refractivity contribution in [2.45, 2.75) is 72.4 Å². The molecule has 1 aliphatic rings. The van der Waals surface area contributed by atoms with Gasteiger partial charge in [0.15, 0.2) is 0 Å². The highest BCUT2D eigenvalue weighted by molar-refractivity contribution is 4.86. The molecular formula is C16H34N2. The third-order valence-corrected chi connectivity index (χ3v) is 4.95. The third kappa shape index (κ3) is 4.55. The van der Waals surface area contributed by atoms with Crippen LogP contribution >= 0.6 is 0 Å². The Morgan fingerprint density at radius 3 is 2.28 bits per heavy atom. The molecular weight excluding hydrogens is 220 g/mol. The summed E-state index contributed by atoms with van der Waals surface area (Å²) < 4.78 is 0. The minimum atomic E-state index is 0.341. The van der Waals surface area contributed by atoms with Gasteiger partial charge in [0.2, 0.25) is 0 Å². The van der Waals surface area contributed by atoms with Gasteiger partial charge in [-0.15, -0.1) is 0 Å². The van der Waals surface area contributed by atoms with Crippen molar-refractivity contribution in [1.82, 2.24) is 10.2 Å². The lowest BCUT2D eigenvalue weighted by atomic mass is 9.82. The van der Waals surface area contributed by atoms with E-state index in [4.69, 9.17) is 0 Å². The molecule has 18 heavy (non-hydrogen) atoms. The zero-order valence-electron chi connectivity index (χ0n) is 13.4. The minimum Gasteiger partial charge on any atom is -0.314 e. The molecule has 1 saturated carbocycles. The summed E-state index contributed by atoms with van der Waals surface area (Å²) in [5.74, 6) is 0.948. The van der Waals surface area contributed by atoms with Gasteiger partial charge < -0.3 is 10.2 Å². The molecule has 1 rings (SSSR count). The van der Waals surface area contributed by atoms with Gasteiger partial charge >= 0.3 is 0 Å². The molecule has 0 radical (unpaired) electrons. The molecule has 1 aliphatic carbocycles. The Kier molecular flexibility index (Phi) is 6.13. The van der Waals surface area contributed by atoms with E-state index < -0.39 is 0 Å². The average molecular weight is 254 g/mol. The van der Waals surface area contributed by atoms with Gasteiger partial charge in [0.1, 0.15) is 0 Å². The molecule has 0 bridgehead atoms. The van der Waals surface area contributed by atoms with E-state index in [1.54, 1.807) is 0 Å². The van der Waals surface area contributed by atoms with E-state index in [2.05, 4.69) is 51.9 Å². The maximum absolute atomic E-state index is 3.57. The molecule has 1 fully saturated rings. The Hall–Kier alpha value is -0.0800. The van der Waals surface area contributed by atoms with E-state index in [0.717, 1.165) is 18.5 Å². The van der Waals surface area contributed by atoms with E-state index in [1.807, 2.05) is 0 Å². The summed E-state index contributed by atoms with van der Waals surface area (Å²) in [7, 11) is 2.32. The second-order valence-corrected chi connectivity index (χ2v) is 7.10. The van der Waals surface area contributed by atoms with Gasteiger partial charge in [0.05, 0.1) is 0 Å². The van der Waals surface area contributed by atoms with Gasteiger partial charge in [0.25, 0.3) is 0 Å². The Morgan fingerprint density at radius 2 is 1.78 bits per heavy atom. The summed E-state index contributed by atoms with van der Waals surface area (Å²) in [5, 5.41) is 3.57. The van der Waals surface area contributed by atoms with E-state index in [-0.39, 0.29) is 0 Å². The quantitative estimate of drug-likeness (QED) is 0.780. The Labute approximate surface area is 115 Å². The first kappa shape index (κ1) is 16.0. The highest BCUT2D eigenvalue weighted by Crippen LogP contribution is 2.29. The van der Waals surface area contributed by atoms with Crippen LogP contribution in [0.2, 0.25) is 0 Å². The lowest BCUT2D eigenvalue weighted by Crippen LogP contribution is -2.48. The molecule has 108 valence electrons. The normalized spacial score (nSPS) is 27.5. The molecule has 0 aromatic carbocycles. The number of hydrogen-bond acceptors (Lipinski definition) is 2. The Balaban J connectivity index is 2.45. The molecule has 2 heteroatoms. The second-order valence-electron chi connectivity index (χ2n) is 7.10. The number of nitrogens with zero attached hydrogens (tertiary/aromatic N) is 1. The SMILES string of the molecule is CCNC(C)C(C)(C)CN(C)C1CCC(C)CC1. The van der Waals surface area contributed by atoms with Crippen LogP contribution < -0.4 is 5.32 Å². The van der Waals surface area contributed by atoms with Crippen LogP contribution in [0.15, 0.2) is 0 Å². The maximum Gasteiger partial charge on any atom is 0.0102 e. The van der Waals surface area contributed by atoms with Crippen molar-refractivity contribution in [2.24, 2.45) is 11.3 Å². The first-order chi connectivity index (χ1) is 8.36. The summed E-state index contributed by atoms with van der Waals surface area (Å²) in [6.45, 7) is 14.0. The van der Waals surface area contributed by atoms with Crippen molar-refractivity contribution in [3.8, 4) is 0 Å². The average Bonchev–Trinajstić information content (AvgIpc) is 2.29. The highest BCUT2D eigenvalue weighted by Gasteiger charge is 2.30. The van der Waals surface area contributed by atoms with Gasteiger partial charge in [-0.1, -0.05) is 27.7 Å². The molecule has 1 atom stereocenters. The molecule has 0 heterocycles. The molecule has 2 nitrogen and oxygen atoms in total. The van der Waals surface area contributed by atoms with Crippen LogP contribution in [-0.4, -0.2) is 37.1 Å². The van der Waals surface area contributed by atoms with E-state index in [1.165, 1.54) is 32.2 Å². The van der Waals surface area contributed by atoms with Crippen molar-refractivity contribution >= 4 is 0 Å². The maximum atomic E-state index is 3.57. The fraction of sp³-hybridized carbons (Fsp3) is 1.00. The van der Waals surface area contributed by atoms with Crippen LogP contribution in [0.4, 0.5) is 0 Å². The zero-order chi connectivity index (χ0) is 13.8. The monoisotopic (exact) mass is 254 g/mol.